The average Bonchev–Trinajstić information content (AvgIpc) is 2.21. The highest BCUT2D eigenvalue weighted by atomic mass is 35.5. The third kappa shape index (κ3) is 3.38. The molecule has 0 saturated carbocycles. The number of anilines is 1. The number of amides is 1. The van der Waals surface area contributed by atoms with Gasteiger partial charge in [0.2, 0.25) is 6.41 Å². The number of benzene rings is 1. The van der Waals surface area contributed by atoms with Crippen LogP contribution in [-0.2, 0) is 4.79 Å². The standard InChI is InChI=1S/C9H10ClN3OS/c1-6-3-2-4-7(10)8(6)12-9(15)13-11-5-14/h2-5H,1H3,(H,11,14)(H2,12,13,15). The minimum Gasteiger partial charge on any atom is -0.330 e. The third-order valence-electron chi connectivity index (χ3n) is 1.71. The zero-order chi connectivity index (χ0) is 11.3. The minimum absolute atomic E-state index is 0.276. The highest BCUT2D eigenvalue weighted by Gasteiger charge is 2.04. The van der Waals surface area contributed by atoms with E-state index in [1.54, 1.807) is 6.07 Å². The molecule has 0 saturated heterocycles. The molecule has 1 rings (SSSR count). The van der Waals surface area contributed by atoms with Crippen LogP contribution in [0.2, 0.25) is 5.02 Å². The van der Waals surface area contributed by atoms with Crippen molar-refractivity contribution in [1.29, 1.82) is 0 Å². The number of aryl methyl sites for hydroxylation is 1. The smallest absolute Gasteiger partial charge is 0.225 e. The number of carbonyl (C=O) groups excluding carboxylic acids is 1. The first-order valence-corrected chi connectivity index (χ1v) is 4.95. The Labute approximate surface area is 98.0 Å². The second kappa shape index (κ2) is 5.53. The Kier molecular flexibility index (Phi) is 4.33. The van der Waals surface area contributed by atoms with Gasteiger partial charge < -0.3 is 5.32 Å². The van der Waals surface area contributed by atoms with Crippen LogP contribution in [0, 0.1) is 6.92 Å². The van der Waals surface area contributed by atoms with Gasteiger partial charge in [0.25, 0.3) is 0 Å². The molecule has 1 aromatic carbocycles. The lowest BCUT2D eigenvalue weighted by atomic mass is 10.2. The average molecular weight is 244 g/mol. The van der Waals surface area contributed by atoms with Crippen LogP contribution in [0.25, 0.3) is 0 Å². The lowest BCUT2D eigenvalue weighted by Gasteiger charge is -2.12. The van der Waals surface area contributed by atoms with Crippen LogP contribution < -0.4 is 16.2 Å². The summed E-state index contributed by atoms with van der Waals surface area (Å²) in [7, 11) is 0. The molecule has 0 atom stereocenters. The molecule has 0 aliphatic carbocycles. The molecule has 0 spiro atoms. The monoisotopic (exact) mass is 243 g/mol. The Morgan fingerprint density at radius 3 is 2.87 bits per heavy atom. The van der Waals surface area contributed by atoms with Gasteiger partial charge in [-0.3, -0.25) is 15.6 Å². The van der Waals surface area contributed by atoms with Crippen molar-refractivity contribution in [3.05, 3.63) is 28.8 Å². The molecule has 3 N–H and O–H groups in total. The van der Waals surface area contributed by atoms with Crippen LogP contribution in [0.4, 0.5) is 5.69 Å². The first-order valence-electron chi connectivity index (χ1n) is 4.16. The van der Waals surface area contributed by atoms with Crippen molar-refractivity contribution in [2.24, 2.45) is 0 Å². The number of rotatable bonds is 3. The number of hydrazine groups is 1. The van der Waals surface area contributed by atoms with E-state index in [-0.39, 0.29) is 5.11 Å². The molecule has 15 heavy (non-hydrogen) atoms. The minimum atomic E-state index is 0.276. The number of hydrogen-bond donors (Lipinski definition) is 3. The third-order valence-corrected chi connectivity index (χ3v) is 2.22. The Morgan fingerprint density at radius 1 is 1.53 bits per heavy atom. The van der Waals surface area contributed by atoms with Crippen LogP contribution in [-0.4, -0.2) is 11.5 Å². The zero-order valence-electron chi connectivity index (χ0n) is 8.00. The van der Waals surface area contributed by atoms with Crippen molar-refractivity contribution >= 4 is 41.0 Å². The summed E-state index contributed by atoms with van der Waals surface area (Å²) in [6, 6.07) is 5.51. The largest absolute Gasteiger partial charge is 0.330 e. The van der Waals surface area contributed by atoms with Gasteiger partial charge in [-0.25, -0.2) is 0 Å². The van der Waals surface area contributed by atoms with E-state index in [9.17, 15) is 4.79 Å². The van der Waals surface area contributed by atoms with Gasteiger partial charge in [-0.2, -0.15) is 0 Å². The summed E-state index contributed by atoms with van der Waals surface area (Å²) in [5, 5.41) is 3.73. The van der Waals surface area contributed by atoms with Crippen molar-refractivity contribution < 1.29 is 4.79 Å². The quantitative estimate of drug-likeness (QED) is 0.429. The summed E-state index contributed by atoms with van der Waals surface area (Å²) in [5.41, 5.74) is 6.41. The lowest BCUT2D eigenvalue weighted by molar-refractivity contribution is -0.110. The fraction of sp³-hybridized carbons (Fsp3) is 0.111. The van der Waals surface area contributed by atoms with E-state index in [0.29, 0.717) is 11.4 Å². The molecule has 0 radical (unpaired) electrons. The molecule has 0 aliphatic rings. The van der Waals surface area contributed by atoms with Gasteiger partial charge in [0, 0.05) is 0 Å². The zero-order valence-corrected chi connectivity index (χ0v) is 9.58. The normalized spacial score (nSPS) is 9.20. The molecule has 0 heterocycles. The fourth-order valence-corrected chi connectivity index (χ4v) is 1.46. The summed E-state index contributed by atoms with van der Waals surface area (Å²) in [6.07, 6.45) is 0.493. The number of carbonyl (C=O) groups is 1. The first-order chi connectivity index (χ1) is 7.15. The first kappa shape index (κ1) is 11.7. The maximum absolute atomic E-state index is 10.0. The van der Waals surface area contributed by atoms with Gasteiger partial charge in [0.05, 0.1) is 10.7 Å². The second-order valence-corrected chi connectivity index (χ2v) is 3.59. The van der Waals surface area contributed by atoms with Crippen molar-refractivity contribution in [1.82, 2.24) is 10.9 Å². The molecule has 4 nitrogen and oxygen atoms in total. The van der Waals surface area contributed by atoms with Crippen molar-refractivity contribution in [3.63, 3.8) is 0 Å². The molecule has 0 fully saturated rings. The number of para-hydroxylation sites is 1. The second-order valence-electron chi connectivity index (χ2n) is 2.77. The topological polar surface area (TPSA) is 53.2 Å². The predicted molar refractivity (Wildman–Crippen MR) is 64.7 cm³/mol. The summed E-state index contributed by atoms with van der Waals surface area (Å²) in [4.78, 5) is 10.0. The Bertz CT molecular complexity index is 363. The lowest BCUT2D eigenvalue weighted by Crippen LogP contribution is -2.39. The van der Waals surface area contributed by atoms with Gasteiger partial charge in [-0.05, 0) is 30.8 Å². The van der Waals surface area contributed by atoms with Gasteiger partial charge in [0.15, 0.2) is 5.11 Å². The number of hydrogen-bond acceptors (Lipinski definition) is 2. The molecule has 6 heteroatoms. The van der Waals surface area contributed by atoms with Gasteiger partial charge in [-0.1, -0.05) is 23.7 Å². The molecule has 0 aromatic heterocycles. The Hall–Kier alpha value is -1.33. The SMILES string of the molecule is Cc1cccc(Cl)c1NC(=S)NNC=O. The molecule has 0 bridgehead atoms. The van der Waals surface area contributed by atoms with E-state index < -0.39 is 0 Å². The van der Waals surface area contributed by atoms with E-state index in [4.69, 9.17) is 23.8 Å². The van der Waals surface area contributed by atoms with Gasteiger partial charge >= 0.3 is 0 Å². The van der Waals surface area contributed by atoms with Crippen LogP contribution >= 0.6 is 23.8 Å². The van der Waals surface area contributed by atoms with Crippen molar-refractivity contribution in [2.75, 3.05) is 5.32 Å². The fourth-order valence-electron chi connectivity index (χ4n) is 1.03. The summed E-state index contributed by atoms with van der Waals surface area (Å²) in [6.45, 7) is 1.91. The number of thiocarbonyl (C=S) groups is 1. The highest BCUT2D eigenvalue weighted by Crippen LogP contribution is 2.24. The Balaban J connectivity index is 2.71. The van der Waals surface area contributed by atoms with Crippen LogP contribution in [0.5, 0.6) is 0 Å². The van der Waals surface area contributed by atoms with Crippen LogP contribution in [0.3, 0.4) is 0 Å². The van der Waals surface area contributed by atoms with E-state index in [1.165, 1.54) is 0 Å². The van der Waals surface area contributed by atoms with Crippen molar-refractivity contribution in [2.45, 2.75) is 6.92 Å². The maximum atomic E-state index is 10.0. The summed E-state index contributed by atoms with van der Waals surface area (Å²) in [5.74, 6) is 0. The van der Waals surface area contributed by atoms with E-state index in [0.717, 1.165) is 11.3 Å². The van der Waals surface area contributed by atoms with Crippen molar-refractivity contribution in [3.8, 4) is 0 Å². The molecular weight excluding hydrogens is 234 g/mol. The molecule has 1 amide bonds. The molecule has 0 aliphatic heterocycles. The molecular formula is C9H10ClN3OS. The maximum Gasteiger partial charge on any atom is 0.225 e. The predicted octanol–water partition coefficient (Wildman–Crippen LogP) is 1.60. The molecule has 1 aromatic rings. The van der Waals surface area contributed by atoms with Gasteiger partial charge in [0.1, 0.15) is 0 Å². The Morgan fingerprint density at radius 2 is 2.27 bits per heavy atom. The van der Waals surface area contributed by atoms with Crippen LogP contribution in [0.1, 0.15) is 5.56 Å². The molecule has 80 valence electrons. The number of halogens is 1. The van der Waals surface area contributed by atoms with Crippen LogP contribution in [0.15, 0.2) is 18.2 Å². The van der Waals surface area contributed by atoms with E-state index in [1.807, 2.05) is 19.1 Å². The van der Waals surface area contributed by atoms with E-state index in [2.05, 4.69) is 16.2 Å². The number of nitrogens with one attached hydrogen (secondary N) is 3. The highest BCUT2D eigenvalue weighted by molar-refractivity contribution is 7.80. The van der Waals surface area contributed by atoms with Gasteiger partial charge in [-0.15, -0.1) is 0 Å². The summed E-state index contributed by atoms with van der Waals surface area (Å²) < 4.78 is 0. The van der Waals surface area contributed by atoms with E-state index >= 15 is 0 Å². The summed E-state index contributed by atoms with van der Waals surface area (Å²) >= 11 is 10.9. The molecule has 0 unspecified atom stereocenters.